The molecule has 18 heavy (non-hydrogen) atoms. The summed E-state index contributed by atoms with van der Waals surface area (Å²) in [5.41, 5.74) is 3.02. The molecule has 0 saturated heterocycles. The van der Waals surface area contributed by atoms with Gasteiger partial charge in [-0.15, -0.1) is 0 Å². The number of halogens is 1. The molecular formula is C14H13BrN2S. The van der Waals surface area contributed by atoms with Gasteiger partial charge in [-0.1, -0.05) is 17.8 Å². The van der Waals surface area contributed by atoms with E-state index in [0.29, 0.717) is 0 Å². The zero-order valence-corrected chi connectivity index (χ0v) is 12.5. The van der Waals surface area contributed by atoms with Crippen molar-refractivity contribution < 1.29 is 0 Å². The summed E-state index contributed by atoms with van der Waals surface area (Å²) in [6.07, 6.45) is 3.75. The summed E-state index contributed by atoms with van der Waals surface area (Å²) in [6, 6.07) is 8.72. The van der Waals surface area contributed by atoms with E-state index >= 15 is 0 Å². The van der Waals surface area contributed by atoms with Gasteiger partial charge >= 0.3 is 0 Å². The maximum atomic E-state index is 4.44. The number of aryl methyl sites for hydroxylation is 3. The van der Waals surface area contributed by atoms with Crippen LogP contribution in [0.2, 0.25) is 0 Å². The van der Waals surface area contributed by atoms with Crippen molar-refractivity contribution in [1.29, 1.82) is 0 Å². The first kappa shape index (κ1) is 12.2. The maximum absolute atomic E-state index is 4.44. The highest BCUT2D eigenvalue weighted by atomic mass is 79.9. The van der Waals surface area contributed by atoms with Crippen LogP contribution in [0.5, 0.6) is 0 Å². The molecule has 0 amide bonds. The van der Waals surface area contributed by atoms with Gasteiger partial charge in [-0.2, -0.15) is 0 Å². The molecule has 1 aliphatic carbocycles. The highest BCUT2D eigenvalue weighted by Crippen LogP contribution is 2.31. The van der Waals surface area contributed by atoms with Crippen LogP contribution in [-0.2, 0) is 12.8 Å². The Balaban J connectivity index is 1.88. The highest BCUT2D eigenvalue weighted by molar-refractivity contribution is 9.10. The molecule has 0 N–H and O–H groups in total. The Hall–Kier alpha value is -0.870. The molecule has 0 saturated carbocycles. The molecule has 0 fully saturated rings. The average molecular weight is 321 g/mol. The van der Waals surface area contributed by atoms with Crippen molar-refractivity contribution in [1.82, 2.24) is 9.97 Å². The standard InChI is InChI=1S/C14H13BrN2S/c1-9-16-13(15)8-14(17-9)18-12-6-5-10-3-2-4-11(10)7-12/h5-8H,2-4H2,1H3. The lowest BCUT2D eigenvalue weighted by Crippen LogP contribution is -1.90. The van der Waals surface area contributed by atoms with Gasteiger partial charge in [0.05, 0.1) is 0 Å². The van der Waals surface area contributed by atoms with Crippen molar-refractivity contribution in [2.24, 2.45) is 0 Å². The lowest BCUT2D eigenvalue weighted by molar-refractivity contribution is 0.911. The zero-order chi connectivity index (χ0) is 12.5. The predicted molar refractivity (Wildman–Crippen MR) is 77.1 cm³/mol. The maximum Gasteiger partial charge on any atom is 0.127 e. The molecule has 1 aromatic heterocycles. The van der Waals surface area contributed by atoms with Gasteiger partial charge in [-0.05, 0) is 65.4 Å². The molecule has 1 heterocycles. The third-order valence-corrected chi connectivity index (χ3v) is 4.39. The first-order valence-corrected chi connectivity index (χ1v) is 7.62. The summed E-state index contributed by atoms with van der Waals surface area (Å²) in [4.78, 5) is 9.94. The molecule has 0 bridgehead atoms. The number of fused-ring (bicyclic) bond motifs is 1. The van der Waals surface area contributed by atoms with Gasteiger partial charge in [0.2, 0.25) is 0 Å². The van der Waals surface area contributed by atoms with Crippen LogP contribution in [0.3, 0.4) is 0 Å². The van der Waals surface area contributed by atoms with Gasteiger partial charge in [-0.25, -0.2) is 9.97 Å². The number of hydrogen-bond acceptors (Lipinski definition) is 3. The van der Waals surface area contributed by atoms with Crippen molar-refractivity contribution in [3.63, 3.8) is 0 Å². The summed E-state index contributed by atoms with van der Waals surface area (Å²) >= 11 is 5.11. The van der Waals surface area contributed by atoms with Crippen molar-refractivity contribution in [3.05, 3.63) is 45.8 Å². The van der Waals surface area contributed by atoms with Crippen LogP contribution in [0.4, 0.5) is 0 Å². The van der Waals surface area contributed by atoms with Gasteiger partial charge in [0.1, 0.15) is 15.5 Å². The molecule has 1 aliphatic rings. The highest BCUT2D eigenvalue weighted by Gasteiger charge is 2.11. The lowest BCUT2D eigenvalue weighted by Gasteiger charge is -2.05. The van der Waals surface area contributed by atoms with Gasteiger partial charge in [0, 0.05) is 11.0 Å². The summed E-state index contributed by atoms with van der Waals surface area (Å²) in [5.74, 6) is 0.799. The van der Waals surface area contributed by atoms with Crippen LogP contribution < -0.4 is 0 Å². The van der Waals surface area contributed by atoms with Gasteiger partial charge < -0.3 is 0 Å². The predicted octanol–water partition coefficient (Wildman–Crippen LogP) is 4.19. The average Bonchev–Trinajstić information content (AvgIpc) is 2.74. The Bertz CT molecular complexity index is 578. The van der Waals surface area contributed by atoms with E-state index < -0.39 is 0 Å². The number of rotatable bonds is 2. The molecule has 2 aromatic rings. The lowest BCUT2D eigenvalue weighted by atomic mass is 10.1. The summed E-state index contributed by atoms with van der Waals surface area (Å²) in [6.45, 7) is 1.91. The van der Waals surface area contributed by atoms with E-state index in [1.54, 1.807) is 11.8 Å². The molecule has 0 unspecified atom stereocenters. The molecule has 92 valence electrons. The fraction of sp³-hybridized carbons (Fsp3) is 0.286. The second-order valence-corrected chi connectivity index (χ2v) is 6.37. The van der Waals surface area contributed by atoms with Crippen LogP contribution in [0, 0.1) is 6.92 Å². The molecule has 2 nitrogen and oxygen atoms in total. The molecular weight excluding hydrogens is 308 g/mol. The van der Waals surface area contributed by atoms with Crippen molar-refractivity contribution in [2.45, 2.75) is 36.1 Å². The fourth-order valence-electron chi connectivity index (χ4n) is 2.29. The molecule has 1 aromatic carbocycles. The van der Waals surface area contributed by atoms with Crippen LogP contribution in [0.1, 0.15) is 23.4 Å². The monoisotopic (exact) mass is 320 g/mol. The Morgan fingerprint density at radius 1 is 1.11 bits per heavy atom. The van der Waals surface area contributed by atoms with Crippen LogP contribution >= 0.6 is 27.7 Å². The van der Waals surface area contributed by atoms with E-state index in [1.165, 1.54) is 35.3 Å². The van der Waals surface area contributed by atoms with Crippen LogP contribution in [-0.4, -0.2) is 9.97 Å². The van der Waals surface area contributed by atoms with Crippen molar-refractivity contribution in [3.8, 4) is 0 Å². The Labute approximate surface area is 119 Å². The minimum Gasteiger partial charge on any atom is -0.226 e. The number of nitrogens with zero attached hydrogens (tertiary/aromatic N) is 2. The minimum absolute atomic E-state index is 0.799. The third-order valence-electron chi connectivity index (χ3n) is 3.08. The smallest absolute Gasteiger partial charge is 0.127 e. The molecule has 0 radical (unpaired) electrons. The first-order chi connectivity index (χ1) is 8.70. The van der Waals surface area contributed by atoms with Crippen molar-refractivity contribution in [2.75, 3.05) is 0 Å². The fourth-order valence-corrected chi connectivity index (χ4v) is 3.84. The number of hydrogen-bond donors (Lipinski definition) is 0. The van der Waals surface area contributed by atoms with Gasteiger partial charge in [0.15, 0.2) is 0 Å². The Morgan fingerprint density at radius 2 is 1.94 bits per heavy atom. The van der Waals surface area contributed by atoms with Crippen LogP contribution in [0.15, 0.2) is 38.8 Å². The zero-order valence-electron chi connectivity index (χ0n) is 10.1. The Kier molecular flexibility index (Phi) is 3.39. The van der Waals surface area contributed by atoms with Crippen molar-refractivity contribution >= 4 is 27.7 Å². The molecule has 0 atom stereocenters. The normalized spacial score (nSPS) is 13.7. The van der Waals surface area contributed by atoms with E-state index in [9.17, 15) is 0 Å². The summed E-state index contributed by atoms with van der Waals surface area (Å²) in [5, 5.41) is 0.993. The molecule has 0 aliphatic heterocycles. The van der Waals surface area contributed by atoms with E-state index in [1.807, 2.05) is 13.0 Å². The van der Waals surface area contributed by atoms with Crippen LogP contribution in [0.25, 0.3) is 0 Å². The summed E-state index contributed by atoms with van der Waals surface area (Å²) in [7, 11) is 0. The largest absolute Gasteiger partial charge is 0.226 e. The molecule has 4 heteroatoms. The van der Waals surface area contributed by atoms with E-state index in [0.717, 1.165) is 15.5 Å². The van der Waals surface area contributed by atoms with E-state index in [4.69, 9.17) is 0 Å². The second kappa shape index (κ2) is 5.02. The molecule has 3 rings (SSSR count). The SMILES string of the molecule is Cc1nc(Br)cc(Sc2ccc3c(c2)CCC3)n1. The number of aromatic nitrogens is 2. The van der Waals surface area contributed by atoms with Gasteiger partial charge in [0.25, 0.3) is 0 Å². The van der Waals surface area contributed by atoms with E-state index in [-0.39, 0.29) is 0 Å². The second-order valence-electron chi connectivity index (χ2n) is 4.46. The summed E-state index contributed by atoms with van der Waals surface area (Å²) < 4.78 is 0.846. The van der Waals surface area contributed by atoms with Gasteiger partial charge in [-0.3, -0.25) is 0 Å². The number of benzene rings is 1. The topological polar surface area (TPSA) is 25.8 Å². The minimum atomic E-state index is 0.799. The third kappa shape index (κ3) is 2.59. The molecule has 0 spiro atoms. The Morgan fingerprint density at radius 3 is 2.78 bits per heavy atom. The quantitative estimate of drug-likeness (QED) is 0.776. The van der Waals surface area contributed by atoms with E-state index in [2.05, 4.69) is 44.1 Å². The first-order valence-electron chi connectivity index (χ1n) is 6.01.